The molecule has 94 valence electrons. The van der Waals surface area contributed by atoms with Crippen molar-refractivity contribution >= 4 is 5.97 Å². The molecule has 1 aliphatic heterocycles. The van der Waals surface area contributed by atoms with Crippen LogP contribution >= 0.6 is 0 Å². The molecule has 5 heteroatoms. The molecule has 1 heterocycles. The van der Waals surface area contributed by atoms with Gasteiger partial charge in [0.2, 0.25) is 0 Å². The molecule has 0 amide bonds. The summed E-state index contributed by atoms with van der Waals surface area (Å²) in [4.78, 5) is 13.3. The van der Waals surface area contributed by atoms with Crippen molar-refractivity contribution in [2.75, 3.05) is 20.4 Å². The molecule has 5 nitrogen and oxygen atoms in total. The van der Waals surface area contributed by atoms with Gasteiger partial charge in [-0.1, -0.05) is 0 Å². The van der Waals surface area contributed by atoms with E-state index in [9.17, 15) is 9.90 Å². The molecule has 0 aliphatic carbocycles. The molecule has 0 unspecified atom stereocenters. The summed E-state index contributed by atoms with van der Waals surface area (Å²) in [7, 11) is 1.36. The number of hydrogen-bond acceptors (Lipinski definition) is 5. The molecule has 0 aromatic rings. The van der Waals surface area contributed by atoms with E-state index in [0.717, 1.165) is 0 Å². The number of β-amino-alcohol motifs (C(OH)–C–C–N with tert-alkyl or cyclic N) is 1. The maximum Gasteiger partial charge on any atom is 0.323 e. The quantitative estimate of drug-likeness (QED) is 0.711. The SMILES string of the molecule is COC(=O)[C@@H]1C[C@@H](O)CN1COC(C)(C)C. The van der Waals surface area contributed by atoms with Gasteiger partial charge in [0.15, 0.2) is 0 Å². The standard InChI is InChI=1S/C11H21NO4/c1-11(2,3)16-7-12-6-8(13)5-9(12)10(14)15-4/h8-9,13H,5-7H2,1-4H3/t8-,9+/m1/s1. The van der Waals surface area contributed by atoms with Gasteiger partial charge in [-0.25, -0.2) is 0 Å². The Balaban J connectivity index is 2.53. The molecule has 1 rings (SSSR count). The first kappa shape index (κ1) is 13.4. The highest BCUT2D eigenvalue weighted by atomic mass is 16.5. The van der Waals surface area contributed by atoms with Crippen LogP contribution in [0.2, 0.25) is 0 Å². The lowest BCUT2D eigenvalue weighted by Gasteiger charge is -2.27. The van der Waals surface area contributed by atoms with Crippen molar-refractivity contribution < 1.29 is 19.4 Å². The largest absolute Gasteiger partial charge is 0.468 e. The van der Waals surface area contributed by atoms with Gasteiger partial charge < -0.3 is 14.6 Å². The number of hydrogen-bond donors (Lipinski definition) is 1. The third kappa shape index (κ3) is 3.73. The van der Waals surface area contributed by atoms with Crippen LogP contribution in [0.25, 0.3) is 0 Å². The summed E-state index contributed by atoms with van der Waals surface area (Å²) in [5, 5.41) is 9.54. The zero-order valence-corrected chi connectivity index (χ0v) is 10.4. The Morgan fingerprint density at radius 3 is 2.62 bits per heavy atom. The van der Waals surface area contributed by atoms with E-state index in [1.165, 1.54) is 7.11 Å². The van der Waals surface area contributed by atoms with Gasteiger partial charge >= 0.3 is 5.97 Å². The summed E-state index contributed by atoms with van der Waals surface area (Å²) in [5.41, 5.74) is -0.256. The maximum absolute atomic E-state index is 11.5. The number of aliphatic hydroxyl groups excluding tert-OH is 1. The molecule has 2 atom stereocenters. The van der Waals surface area contributed by atoms with Crippen LogP contribution in [0.15, 0.2) is 0 Å². The van der Waals surface area contributed by atoms with Gasteiger partial charge in [-0.05, 0) is 20.8 Å². The van der Waals surface area contributed by atoms with Gasteiger partial charge in [0, 0.05) is 13.0 Å². The van der Waals surface area contributed by atoms with Crippen LogP contribution in [0.1, 0.15) is 27.2 Å². The fourth-order valence-corrected chi connectivity index (χ4v) is 1.68. The van der Waals surface area contributed by atoms with Gasteiger partial charge in [0.1, 0.15) is 12.8 Å². The van der Waals surface area contributed by atoms with Crippen LogP contribution in [0.4, 0.5) is 0 Å². The Bertz CT molecular complexity index is 249. The van der Waals surface area contributed by atoms with E-state index in [-0.39, 0.29) is 17.6 Å². The highest BCUT2D eigenvalue weighted by Gasteiger charge is 2.37. The van der Waals surface area contributed by atoms with Gasteiger partial charge in [-0.3, -0.25) is 9.69 Å². The fourth-order valence-electron chi connectivity index (χ4n) is 1.68. The predicted molar refractivity (Wildman–Crippen MR) is 58.8 cm³/mol. The number of esters is 1. The van der Waals surface area contributed by atoms with Crippen molar-refractivity contribution in [3.05, 3.63) is 0 Å². The number of nitrogens with zero attached hydrogens (tertiary/aromatic N) is 1. The predicted octanol–water partition coefficient (Wildman–Crippen LogP) is 0.367. The lowest BCUT2D eigenvalue weighted by molar-refractivity contribution is -0.150. The molecule has 0 radical (unpaired) electrons. The zero-order chi connectivity index (χ0) is 12.3. The lowest BCUT2D eigenvalue weighted by Crippen LogP contribution is -2.40. The highest BCUT2D eigenvalue weighted by molar-refractivity contribution is 5.76. The van der Waals surface area contributed by atoms with Gasteiger partial charge in [-0.15, -0.1) is 0 Å². The average Bonchev–Trinajstić information content (AvgIpc) is 2.54. The lowest BCUT2D eigenvalue weighted by atomic mass is 10.2. The van der Waals surface area contributed by atoms with Crippen LogP contribution in [0, 0.1) is 0 Å². The minimum atomic E-state index is -0.479. The van der Waals surface area contributed by atoms with E-state index in [1.54, 1.807) is 0 Å². The number of carbonyl (C=O) groups excluding carboxylic acids is 1. The Kier molecular flexibility index (Phi) is 4.29. The van der Waals surface area contributed by atoms with Crippen LogP contribution in [-0.2, 0) is 14.3 Å². The summed E-state index contributed by atoms with van der Waals surface area (Å²) < 4.78 is 10.3. The summed E-state index contributed by atoms with van der Waals surface area (Å²) in [6, 6.07) is -0.387. The van der Waals surface area contributed by atoms with Gasteiger partial charge in [-0.2, -0.15) is 0 Å². The Morgan fingerprint density at radius 1 is 1.50 bits per heavy atom. The third-order valence-electron chi connectivity index (χ3n) is 2.52. The average molecular weight is 231 g/mol. The first-order chi connectivity index (χ1) is 7.33. The monoisotopic (exact) mass is 231 g/mol. The van der Waals surface area contributed by atoms with Crippen LogP contribution in [-0.4, -0.2) is 54.1 Å². The minimum Gasteiger partial charge on any atom is -0.468 e. The third-order valence-corrected chi connectivity index (χ3v) is 2.52. The van der Waals surface area contributed by atoms with E-state index in [1.807, 2.05) is 25.7 Å². The fraction of sp³-hybridized carbons (Fsp3) is 0.909. The smallest absolute Gasteiger partial charge is 0.323 e. The Morgan fingerprint density at radius 2 is 2.12 bits per heavy atom. The van der Waals surface area contributed by atoms with Gasteiger partial charge in [0.25, 0.3) is 0 Å². The molecule has 1 aliphatic rings. The maximum atomic E-state index is 11.5. The second-order valence-corrected chi connectivity index (χ2v) is 5.09. The van der Waals surface area contributed by atoms with Crippen molar-refractivity contribution in [3.63, 3.8) is 0 Å². The summed E-state index contributed by atoms with van der Waals surface area (Å²) >= 11 is 0. The van der Waals surface area contributed by atoms with Gasteiger partial charge in [0.05, 0.1) is 18.8 Å². The van der Waals surface area contributed by atoms with E-state index >= 15 is 0 Å². The summed E-state index contributed by atoms with van der Waals surface area (Å²) in [6.07, 6.45) is -0.0622. The first-order valence-electron chi connectivity index (χ1n) is 5.47. The molecule has 0 bridgehead atoms. The molecular weight excluding hydrogens is 210 g/mol. The number of ether oxygens (including phenoxy) is 2. The topological polar surface area (TPSA) is 59.0 Å². The normalized spacial score (nSPS) is 27.1. The van der Waals surface area contributed by atoms with Crippen molar-refractivity contribution in [2.45, 2.75) is 44.9 Å². The van der Waals surface area contributed by atoms with E-state index < -0.39 is 6.10 Å². The Labute approximate surface area is 96.3 Å². The zero-order valence-electron chi connectivity index (χ0n) is 10.4. The van der Waals surface area contributed by atoms with E-state index in [4.69, 9.17) is 9.47 Å². The molecule has 0 aromatic carbocycles. The summed E-state index contributed by atoms with van der Waals surface area (Å²) in [5.74, 6) is -0.311. The number of carbonyl (C=O) groups is 1. The molecule has 1 fully saturated rings. The minimum absolute atomic E-state index is 0.256. The van der Waals surface area contributed by atoms with Crippen LogP contribution in [0.5, 0.6) is 0 Å². The molecule has 1 N–H and O–H groups in total. The van der Waals surface area contributed by atoms with Crippen molar-refractivity contribution in [3.8, 4) is 0 Å². The molecular formula is C11H21NO4. The number of aliphatic hydroxyl groups is 1. The number of rotatable bonds is 3. The second-order valence-electron chi connectivity index (χ2n) is 5.09. The van der Waals surface area contributed by atoms with Crippen molar-refractivity contribution in [2.24, 2.45) is 0 Å². The van der Waals surface area contributed by atoms with Crippen molar-refractivity contribution in [1.29, 1.82) is 0 Å². The van der Waals surface area contributed by atoms with Crippen LogP contribution < -0.4 is 0 Å². The molecule has 0 aromatic heterocycles. The Hall–Kier alpha value is -0.650. The molecule has 16 heavy (non-hydrogen) atoms. The second kappa shape index (κ2) is 5.12. The number of methoxy groups -OCH3 is 1. The van der Waals surface area contributed by atoms with E-state index in [2.05, 4.69) is 0 Å². The number of likely N-dealkylation sites (tertiary alicyclic amines) is 1. The molecule has 0 saturated carbocycles. The first-order valence-corrected chi connectivity index (χ1v) is 5.47. The highest BCUT2D eigenvalue weighted by Crippen LogP contribution is 2.20. The van der Waals surface area contributed by atoms with E-state index in [0.29, 0.717) is 19.7 Å². The van der Waals surface area contributed by atoms with Crippen molar-refractivity contribution in [1.82, 2.24) is 4.90 Å². The van der Waals surface area contributed by atoms with Crippen LogP contribution in [0.3, 0.4) is 0 Å². The molecule has 1 saturated heterocycles. The summed E-state index contributed by atoms with van der Waals surface area (Å²) in [6.45, 7) is 6.64. The molecule has 0 spiro atoms.